The molecule has 1 N–H and O–H groups in total. The van der Waals surface area contributed by atoms with E-state index in [0.717, 1.165) is 44.4 Å². The third-order valence-electron chi connectivity index (χ3n) is 3.73. The molecule has 1 fully saturated rings. The quantitative estimate of drug-likeness (QED) is 0.461. The highest BCUT2D eigenvalue weighted by Gasteiger charge is 2.18. The van der Waals surface area contributed by atoms with Crippen molar-refractivity contribution in [1.82, 2.24) is 15.2 Å². The normalized spacial score (nSPS) is 19.3. The van der Waals surface area contributed by atoms with Crippen molar-refractivity contribution in [2.45, 2.75) is 39.5 Å². The molecule has 1 aliphatic rings. The second-order valence-electron chi connectivity index (χ2n) is 5.50. The van der Waals surface area contributed by atoms with Crippen molar-refractivity contribution in [2.24, 2.45) is 10.9 Å². The predicted molar refractivity (Wildman–Crippen MR) is 102 cm³/mol. The van der Waals surface area contributed by atoms with Gasteiger partial charge in [0.05, 0.1) is 10.7 Å². The van der Waals surface area contributed by atoms with Crippen LogP contribution in [0.3, 0.4) is 0 Å². The molecule has 0 bridgehead atoms. The number of halogens is 1. The summed E-state index contributed by atoms with van der Waals surface area (Å²) in [5, 5.41) is 6.88. The molecule has 0 radical (unpaired) electrons. The maximum absolute atomic E-state index is 4.60. The molecule has 6 heteroatoms. The molecular weight excluding hydrogens is 395 g/mol. The van der Waals surface area contributed by atoms with Crippen LogP contribution in [0.1, 0.15) is 37.4 Å². The summed E-state index contributed by atoms with van der Waals surface area (Å²) in [6, 6.07) is 0. The number of thiazole rings is 1. The van der Waals surface area contributed by atoms with Gasteiger partial charge in [-0.25, -0.2) is 4.98 Å². The fourth-order valence-corrected chi connectivity index (χ4v) is 3.42. The van der Waals surface area contributed by atoms with Crippen LogP contribution in [0, 0.1) is 5.92 Å². The fourth-order valence-electron chi connectivity index (χ4n) is 2.64. The standard InChI is InChI=1S/C15H26N4S.HI/c1-4-14-18-13(11-20-14)7-8-17-15(16-3)19-9-5-6-12(2)10-19;/h11-12H,4-10H2,1-3H3,(H,16,17);1H. The van der Waals surface area contributed by atoms with Gasteiger partial charge in [-0.2, -0.15) is 0 Å². The van der Waals surface area contributed by atoms with Crippen molar-refractivity contribution in [3.63, 3.8) is 0 Å². The number of aromatic nitrogens is 1. The molecule has 1 saturated heterocycles. The fraction of sp³-hybridized carbons (Fsp3) is 0.733. The van der Waals surface area contributed by atoms with Crippen molar-refractivity contribution in [3.8, 4) is 0 Å². The first-order chi connectivity index (χ1) is 9.72. The first kappa shape index (κ1) is 18.7. The van der Waals surface area contributed by atoms with Crippen molar-refractivity contribution < 1.29 is 0 Å². The summed E-state index contributed by atoms with van der Waals surface area (Å²) in [4.78, 5) is 11.4. The topological polar surface area (TPSA) is 40.5 Å². The van der Waals surface area contributed by atoms with Crippen molar-refractivity contribution in [2.75, 3.05) is 26.7 Å². The van der Waals surface area contributed by atoms with Gasteiger partial charge in [0.1, 0.15) is 0 Å². The molecule has 4 nitrogen and oxygen atoms in total. The highest BCUT2D eigenvalue weighted by molar-refractivity contribution is 14.0. The molecular formula is C15H27IN4S. The van der Waals surface area contributed by atoms with Crippen LogP contribution in [-0.2, 0) is 12.8 Å². The molecule has 0 amide bonds. The van der Waals surface area contributed by atoms with E-state index in [1.54, 1.807) is 11.3 Å². The summed E-state index contributed by atoms with van der Waals surface area (Å²) in [5.74, 6) is 1.82. The highest BCUT2D eigenvalue weighted by Crippen LogP contribution is 2.15. The van der Waals surface area contributed by atoms with Gasteiger partial charge in [-0.15, -0.1) is 35.3 Å². The Hall–Kier alpha value is -0.370. The monoisotopic (exact) mass is 422 g/mol. The van der Waals surface area contributed by atoms with Gasteiger partial charge >= 0.3 is 0 Å². The Kier molecular flexibility index (Phi) is 8.55. The molecule has 0 aromatic carbocycles. The lowest BCUT2D eigenvalue weighted by molar-refractivity contribution is 0.266. The zero-order valence-electron chi connectivity index (χ0n) is 13.3. The zero-order valence-corrected chi connectivity index (χ0v) is 16.4. The Morgan fingerprint density at radius 2 is 2.38 bits per heavy atom. The smallest absolute Gasteiger partial charge is 0.193 e. The van der Waals surface area contributed by atoms with Gasteiger partial charge in [0.15, 0.2) is 5.96 Å². The van der Waals surface area contributed by atoms with Crippen LogP contribution in [0.5, 0.6) is 0 Å². The molecule has 2 heterocycles. The summed E-state index contributed by atoms with van der Waals surface area (Å²) < 4.78 is 0. The number of hydrogen-bond acceptors (Lipinski definition) is 3. The lowest BCUT2D eigenvalue weighted by Gasteiger charge is -2.33. The van der Waals surface area contributed by atoms with Gasteiger partial charge in [-0.05, 0) is 25.2 Å². The summed E-state index contributed by atoms with van der Waals surface area (Å²) >= 11 is 1.76. The maximum Gasteiger partial charge on any atom is 0.193 e. The van der Waals surface area contributed by atoms with Crippen LogP contribution in [0.15, 0.2) is 10.4 Å². The molecule has 120 valence electrons. The van der Waals surface area contributed by atoms with Crippen LogP contribution in [0.2, 0.25) is 0 Å². The van der Waals surface area contributed by atoms with Gasteiger partial charge in [-0.1, -0.05) is 13.8 Å². The lowest BCUT2D eigenvalue weighted by atomic mass is 10.0. The maximum atomic E-state index is 4.60. The number of rotatable bonds is 4. The number of piperidine rings is 1. The number of guanidine groups is 1. The molecule has 0 saturated carbocycles. The second-order valence-corrected chi connectivity index (χ2v) is 6.45. The van der Waals surface area contributed by atoms with E-state index in [0.29, 0.717) is 0 Å². The summed E-state index contributed by atoms with van der Waals surface area (Å²) in [7, 11) is 1.87. The Balaban J connectivity index is 0.00000220. The van der Waals surface area contributed by atoms with E-state index < -0.39 is 0 Å². The number of aliphatic imine (C=N–C) groups is 1. The Morgan fingerprint density at radius 3 is 3.00 bits per heavy atom. The van der Waals surface area contributed by atoms with Crippen LogP contribution >= 0.6 is 35.3 Å². The minimum atomic E-state index is 0. The Bertz CT molecular complexity index is 447. The summed E-state index contributed by atoms with van der Waals surface area (Å²) in [5.41, 5.74) is 1.20. The predicted octanol–water partition coefficient (Wildman–Crippen LogP) is 3.17. The molecule has 21 heavy (non-hydrogen) atoms. The molecule has 1 unspecified atom stereocenters. The van der Waals surface area contributed by atoms with Gasteiger partial charge in [0.2, 0.25) is 0 Å². The molecule has 0 aliphatic carbocycles. The van der Waals surface area contributed by atoms with Crippen molar-refractivity contribution >= 4 is 41.3 Å². The molecule has 1 aliphatic heterocycles. The minimum absolute atomic E-state index is 0. The molecule has 1 aromatic heterocycles. The molecule has 2 rings (SSSR count). The van der Waals surface area contributed by atoms with Crippen LogP contribution in [0.25, 0.3) is 0 Å². The van der Waals surface area contributed by atoms with E-state index >= 15 is 0 Å². The van der Waals surface area contributed by atoms with Crippen LogP contribution in [0.4, 0.5) is 0 Å². The summed E-state index contributed by atoms with van der Waals surface area (Å²) in [6.07, 6.45) is 4.62. The van der Waals surface area contributed by atoms with E-state index in [2.05, 4.69) is 39.4 Å². The first-order valence-corrected chi connectivity index (χ1v) is 8.49. The molecule has 0 spiro atoms. The Labute approximate surface area is 149 Å². The third-order valence-corrected chi connectivity index (χ3v) is 4.78. The lowest BCUT2D eigenvalue weighted by Crippen LogP contribution is -2.46. The first-order valence-electron chi connectivity index (χ1n) is 7.61. The van der Waals surface area contributed by atoms with Gasteiger partial charge < -0.3 is 10.2 Å². The van der Waals surface area contributed by atoms with E-state index in [9.17, 15) is 0 Å². The third kappa shape index (κ3) is 5.73. The average molecular weight is 422 g/mol. The minimum Gasteiger partial charge on any atom is -0.356 e. The van der Waals surface area contributed by atoms with E-state index in [4.69, 9.17) is 0 Å². The Morgan fingerprint density at radius 1 is 1.57 bits per heavy atom. The van der Waals surface area contributed by atoms with Crippen molar-refractivity contribution in [3.05, 3.63) is 16.1 Å². The number of likely N-dealkylation sites (tertiary alicyclic amines) is 1. The highest BCUT2D eigenvalue weighted by atomic mass is 127. The van der Waals surface area contributed by atoms with Gasteiger partial charge in [0, 0.05) is 38.5 Å². The van der Waals surface area contributed by atoms with Gasteiger partial charge in [-0.3, -0.25) is 4.99 Å². The number of nitrogens with one attached hydrogen (secondary N) is 1. The van der Waals surface area contributed by atoms with Gasteiger partial charge in [0.25, 0.3) is 0 Å². The second kappa shape index (κ2) is 9.61. The van der Waals surface area contributed by atoms with Crippen molar-refractivity contribution in [1.29, 1.82) is 0 Å². The summed E-state index contributed by atoms with van der Waals surface area (Å²) in [6.45, 7) is 7.63. The van der Waals surface area contributed by atoms with E-state index in [1.807, 2.05) is 7.05 Å². The van der Waals surface area contributed by atoms with E-state index in [-0.39, 0.29) is 24.0 Å². The SMILES string of the molecule is CCc1nc(CCNC(=NC)N2CCCC(C)C2)cs1.I. The van der Waals surface area contributed by atoms with Crippen LogP contribution in [-0.4, -0.2) is 42.5 Å². The largest absolute Gasteiger partial charge is 0.356 e. The number of hydrogen-bond donors (Lipinski definition) is 1. The number of aryl methyl sites for hydroxylation is 1. The average Bonchev–Trinajstić information content (AvgIpc) is 2.91. The number of nitrogens with zero attached hydrogens (tertiary/aromatic N) is 3. The molecule has 1 aromatic rings. The molecule has 1 atom stereocenters. The zero-order chi connectivity index (χ0) is 14.4. The van der Waals surface area contributed by atoms with E-state index in [1.165, 1.54) is 23.5 Å². The van der Waals surface area contributed by atoms with Crippen LogP contribution < -0.4 is 5.32 Å².